The third-order valence-electron chi connectivity index (χ3n) is 6.18. The standard InChI is InChI=1S/2C11H15N3O.C2H2O4/c2*1-14-6-2-3-9(7-14)11-12-10(13-15-11)8-4-5-8;3-1(4)2(5)6/h2*3,8H,2,4-7H2,1H3;(H,3,4)(H,5,6). The van der Waals surface area contributed by atoms with Crippen LogP contribution in [0.4, 0.5) is 0 Å². The van der Waals surface area contributed by atoms with Gasteiger partial charge in [-0.25, -0.2) is 9.59 Å². The van der Waals surface area contributed by atoms with E-state index in [1.807, 2.05) is 0 Å². The maximum absolute atomic E-state index is 9.10. The predicted octanol–water partition coefficient (Wildman–Crippen LogP) is 2.49. The lowest BCUT2D eigenvalue weighted by Crippen LogP contribution is -2.25. The van der Waals surface area contributed by atoms with E-state index in [1.54, 1.807) is 0 Å². The van der Waals surface area contributed by atoms with Gasteiger partial charge in [0.05, 0.1) is 0 Å². The van der Waals surface area contributed by atoms with Gasteiger partial charge in [-0.1, -0.05) is 22.5 Å². The Morgan fingerprint density at radius 3 is 1.47 bits per heavy atom. The van der Waals surface area contributed by atoms with Gasteiger partial charge in [0.2, 0.25) is 0 Å². The largest absolute Gasteiger partial charge is 0.473 e. The highest BCUT2D eigenvalue weighted by Crippen LogP contribution is 2.39. The molecular formula is C24H32N6O6. The number of aromatic nitrogens is 4. The van der Waals surface area contributed by atoms with Gasteiger partial charge in [0.15, 0.2) is 11.6 Å². The van der Waals surface area contributed by atoms with E-state index in [9.17, 15) is 0 Å². The maximum Gasteiger partial charge on any atom is 0.414 e. The first-order chi connectivity index (χ1) is 17.3. The number of carboxylic acid groups (broad SMARTS) is 2. The fourth-order valence-electron chi connectivity index (χ4n) is 3.84. The summed E-state index contributed by atoms with van der Waals surface area (Å²) in [6, 6.07) is 0. The van der Waals surface area contributed by atoms with E-state index in [1.165, 1.54) is 36.8 Å². The summed E-state index contributed by atoms with van der Waals surface area (Å²) in [5, 5.41) is 22.8. The van der Waals surface area contributed by atoms with Crippen molar-refractivity contribution < 1.29 is 28.8 Å². The van der Waals surface area contributed by atoms with Gasteiger partial charge in [-0.3, -0.25) is 0 Å². The van der Waals surface area contributed by atoms with Crippen LogP contribution in [0.2, 0.25) is 0 Å². The third-order valence-corrected chi connectivity index (χ3v) is 6.18. The Morgan fingerprint density at radius 2 is 1.17 bits per heavy atom. The molecule has 2 aliphatic carbocycles. The van der Waals surface area contributed by atoms with E-state index in [2.05, 4.69) is 56.3 Å². The molecule has 2 aromatic rings. The minimum absolute atomic E-state index is 0.574. The van der Waals surface area contributed by atoms with Gasteiger partial charge in [-0.15, -0.1) is 0 Å². The zero-order chi connectivity index (χ0) is 25.7. The molecule has 12 heteroatoms. The highest BCUT2D eigenvalue weighted by atomic mass is 16.5. The van der Waals surface area contributed by atoms with E-state index < -0.39 is 11.9 Å². The molecule has 2 aliphatic heterocycles. The quantitative estimate of drug-likeness (QED) is 0.591. The molecule has 0 radical (unpaired) electrons. The second-order valence-corrected chi connectivity index (χ2v) is 9.59. The molecule has 0 spiro atoms. The average Bonchev–Trinajstić information content (AvgIpc) is 3.79. The number of hydrogen-bond acceptors (Lipinski definition) is 10. The number of rotatable bonds is 4. The summed E-state index contributed by atoms with van der Waals surface area (Å²) in [5.74, 6) is 0.754. The summed E-state index contributed by atoms with van der Waals surface area (Å²) in [6.07, 6.45) is 11.5. The molecule has 0 unspecified atom stereocenters. The molecule has 0 bridgehead atoms. The van der Waals surface area contributed by atoms with Crippen molar-refractivity contribution in [2.24, 2.45) is 0 Å². The van der Waals surface area contributed by atoms with Crippen LogP contribution in [0.15, 0.2) is 21.2 Å². The summed E-state index contributed by atoms with van der Waals surface area (Å²) in [6.45, 7) is 4.08. The molecule has 0 amide bonds. The van der Waals surface area contributed by atoms with Crippen molar-refractivity contribution in [3.63, 3.8) is 0 Å². The maximum atomic E-state index is 9.10. The Hall–Kier alpha value is -3.38. The highest BCUT2D eigenvalue weighted by Gasteiger charge is 2.30. The lowest BCUT2D eigenvalue weighted by Gasteiger charge is -2.20. The normalized spacial score (nSPS) is 20.3. The number of carboxylic acids is 2. The Labute approximate surface area is 208 Å². The van der Waals surface area contributed by atoms with Crippen LogP contribution < -0.4 is 0 Å². The molecule has 2 N–H and O–H groups in total. The zero-order valence-corrected chi connectivity index (χ0v) is 20.6. The smallest absolute Gasteiger partial charge is 0.414 e. The van der Waals surface area contributed by atoms with E-state index in [0.29, 0.717) is 11.8 Å². The molecule has 4 heterocycles. The average molecular weight is 501 g/mol. The van der Waals surface area contributed by atoms with Crippen LogP contribution >= 0.6 is 0 Å². The van der Waals surface area contributed by atoms with E-state index in [4.69, 9.17) is 28.8 Å². The van der Waals surface area contributed by atoms with Crippen LogP contribution in [0, 0.1) is 0 Å². The number of hydrogen-bond donors (Lipinski definition) is 2. The van der Waals surface area contributed by atoms with Gasteiger partial charge in [0.25, 0.3) is 11.8 Å². The molecule has 0 atom stereocenters. The van der Waals surface area contributed by atoms with Crippen molar-refractivity contribution in [1.29, 1.82) is 0 Å². The van der Waals surface area contributed by atoms with Gasteiger partial charge in [-0.05, 0) is 52.6 Å². The van der Waals surface area contributed by atoms with Crippen LogP contribution in [-0.4, -0.2) is 92.5 Å². The number of aliphatic carboxylic acids is 2. The Kier molecular flexibility index (Phi) is 8.26. The summed E-state index contributed by atoms with van der Waals surface area (Å²) in [5.41, 5.74) is 2.37. The lowest BCUT2D eigenvalue weighted by atomic mass is 10.1. The van der Waals surface area contributed by atoms with Crippen molar-refractivity contribution in [1.82, 2.24) is 30.1 Å². The monoisotopic (exact) mass is 500 g/mol. The van der Waals surface area contributed by atoms with E-state index in [0.717, 1.165) is 62.5 Å². The first-order valence-corrected chi connectivity index (χ1v) is 12.2. The predicted molar refractivity (Wildman–Crippen MR) is 128 cm³/mol. The molecule has 2 fully saturated rings. The van der Waals surface area contributed by atoms with Crippen LogP contribution in [0.25, 0.3) is 11.1 Å². The van der Waals surface area contributed by atoms with Crippen molar-refractivity contribution in [2.75, 3.05) is 40.3 Å². The minimum Gasteiger partial charge on any atom is -0.473 e. The Balaban J connectivity index is 0.000000139. The van der Waals surface area contributed by atoms with E-state index in [-0.39, 0.29) is 0 Å². The molecule has 0 aromatic carbocycles. The summed E-state index contributed by atoms with van der Waals surface area (Å²) < 4.78 is 10.6. The summed E-state index contributed by atoms with van der Waals surface area (Å²) in [7, 11) is 4.23. The highest BCUT2D eigenvalue weighted by molar-refractivity contribution is 6.27. The molecule has 6 rings (SSSR count). The molecule has 2 aromatic heterocycles. The second kappa shape index (κ2) is 11.6. The Morgan fingerprint density at radius 1 is 0.778 bits per heavy atom. The third kappa shape index (κ3) is 7.31. The van der Waals surface area contributed by atoms with Crippen molar-refractivity contribution in [3.8, 4) is 0 Å². The number of likely N-dealkylation sites (N-methyl/N-ethyl adjacent to an activating group) is 2. The molecular weight excluding hydrogens is 468 g/mol. The number of nitrogens with zero attached hydrogens (tertiary/aromatic N) is 6. The van der Waals surface area contributed by atoms with Crippen LogP contribution in [0.3, 0.4) is 0 Å². The molecule has 194 valence electrons. The SMILES string of the molecule is CN1CCC=C(c2nc(C3CC3)no2)C1.CN1CCC=C(c2nc(C3CC3)no2)C1.O=C(O)C(=O)O. The van der Waals surface area contributed by atoms with Gasteiger partial charge in [0, 0.05) is 49.2 Å². The minimum atomic E-state index is -1.82. The fourth-order valence-corrected chi connectivity index (χ4v) is 3.84. The topological polar surface area (TPSA) is 159 Å². The van der Waals surface area contributed by atoms with Crippen LogP contribution in [-0.2, 0) is 9.59 Å². The first kappa shape index (κ1) is 25.7. The fraction of sp³-hybridized carbons (Fsp3) is 0.583. The molecule has 0 saturated heterocycles. The summed E-state index contributed by atoms with van der Waals surface area (Å²) in [4.78, 5) is 31.7. The van der Waals surface area contributed by atoms with Crippen LogP contribution in [0.1, 0.15) is 73.8 Å². The molecule has 12 nitrogen and oxygen atoms in total. The summed E-state index contributed by atoms with van der Waals surface area (Å²) >= 11 is 0. The van der Waals surface area contributed by atoms with Gasteiger partial charge >= 0.3 is 11.9 Å². The zero-order valence-electron chi connectivity index (χ0n) is 20.6. The Bertz CT molecular complexity index is 1040. The molecule has 4 aliphatic rings. The number of carbonyl (C=O) groups is 2. The van der Waals surface area contributed by atoms with Crippen LogP contribution in [0.5, 0.6) is 0 Å². The molecule has 2 saturated carbocycles. The van der Waals surface area contributed by atoms with Crippen molar-refractivity contribution in [3.05, 3.63) is 35.6 Å². The van der Waals surface area contributed by atoms with E-state index >= 15 is 0 Å². The van der Waals surface area contributed by atoms with Gasteiger partial charge in [0.1, 0.15) is 0 Å². The second-order valence-electron chi connectivity index (χ2n) is 9.59. The van der Waals surface area contributed by atoms with Gasteiger partial charge in [-0.2, -0.15) is 9.97 Å². The lowest BCUT2D eigenvalue weighted by molar-refractivity contribution is -0.159. The van der Waals surface area contributed by atoms with Crippen molar-refractivity contribution >= 4 is 23.1 Å². The molecule has 36 heavy (non-hydrogen) atoms. The first-order valence-electron chi connectivity index (χ1n) is 12.2. The van der Waals surface area contributed by atoms with Crippen molar-refractivity contribution in [2.45, 2.75) is 50.4 Å². The van der Waals surface area contributed by atoms with Gasteiger partial charge < -0.3 is 29.1 Å².